The summed E-state index contributed by atoms with van der Waals surface area (Å²) in [4.78, 5) is 0. The first kappa shape index (κ1) is 19.9. The van der Waals surface area contributed by atoms with Crippen molar-refractivity contribution < 1.29 is 12.8 Å². The molecule has 3 rings (SSSR count). The fourth-order valence-corrected chi connectivity index (χ4v) is 4.59. The van der Waals surface area contributed by atoms with E-state index in [9.17, 15) is 12.8 Å². The molecule has 1 aliphatic heterocycles. The van der Waals surface area contributed by atoms with Crippen LogP contribution in [0.5, 0.6) is 0 Å². The third-order valence-electron chi connectivity index (χ3n) is 4.93. The van der Waals surface area contributed by atoms with Crippen LogP contribution in [0.1, 0.15) is 36.4 Å². The SMILES string of the molecule is CN(CCCC1CC(c2cccc(F)c2)NN1)S(=O)(=O)Cc1ccccc1. The van der Waals surface area contributed by atoms with Crippen molar-refractivity contribution in [3.8, 4) is 0 Å². The Bertz CT molecular complexity index is 845. The summed E-state index contributed by atoms with van der Waals surface area (Å²) in [6.45, 7) is 0.484. The molecule has 146 valence electrons. The smallest absolute Gasteiger partial charge is 0.218 e. The highest BCUT2D eigenvalue weighted by atomic mass is 32.2. The molecule has 0 aliphatic carbocycles. The van der Waals surface area contributed by atoms with Crippen molar-refractivity contribution in [2.75, 3.05) is 13.6 Å². The summed E-state index contributed by atoms with van der Waals surface area (Å²) in [5, 5.41) is 0. The second-order valence-electron chi connectivity index (χ2n) is 7.03. The lowest BCUT2D eigenvalue weighted by Gasteiger charge is -2.18. The number of rotatable bonds is 8. The van der Waals surface area contributed by atoms with E-state index < -0.39 is 10.0 Å². The Balaban J connectivity index is 1.44. The van der Waals surface area contributed by atoms with E-state index in [1.165, 1.54) is 10.4 Å². The molecule has 0 radical (unpaired) electrons. The molecule has 5 nitrogen and oxygen atoms in total. The van der Waals surface area contributed by atoms with Crippen LogP contribution in [0.4, 0.5) is 4.39 Å². The monoisotopic (exact) mass is 391 g/mol. The van der Waals surface area contributed by atoms with Crippen molar-refractivity contribution in [1.29, 1.82) is 0 Å². The maximum Gasteiger partial charge on any atom is 0.218 e. The van der Waals surface area contributed by atoms with Gasteiger partial charge in [0.05, 0.1) is 5.75 Å². The zero-order valence-corrected chi connectivity index (χ0v) is 16.3. The summed E-state index contributed by atoms with van der Waals surface area (Å²) in [5.41, 5.74) is 8.16. The highest BCUT2D eigenvalue weighted by Crippen LogP contribution is 2.24. The van der Waals surface area contributed by atoms with Crippen LogP contribution in [0.3, 0.4) is 0 Å². The van der Waals surface area contributed by atoms with Crippen LogP contribution in [-0.4, -0.2) is 32.4 Å². The molecular formula is C20H26FN3O2S. The summed E-state index contributed by atoms with van der Waals surface area (Å²) >= 11 is 0. The van der Waals surface area contributed by atoms with Gasteiger partial charge in [-0.15, -0.1) is 0 Å². The highest BCUT2D eigenvalue weighted by Gasteiger charge is 2.25. The average Bonchev–Trinajstić information content (AvgIpc) is 3.11. The van der Waals surface area contributed by atoms with Gasteiger partial charge < -0.3 is 0 Å². The Morgan fingerprint density at radius 1 is 1.11 bits per heavy atom. The van der Waals surface area contributed by atoms with Gasteiger partial charge in [0.15, 0.2) is 0 Å². The predicted octanol–water partition coefficient (Wildman–Crippen LogP) is 2.98. The van der Waals surface area contributed by atoms with Crippen LogP contribution in [0.2, 0.25) is 0 Å². The van der Waals surface area contributed by atoms with Gasteiger partial charge in [-0.2, -0.15) is 0 Å². The first-order valence-corrected chi connectivity index (χ1v) is 10.8. The van der Waals surface area contributed by atoms with Gasteiger partial charge in [-0.05, 0) is 42.5 Å². The lowest BCUT2D eigenvalue weighted by atomic mass is 10.00. The number of sulfonamides is 1. The van der Waals surface area contributed by atoms with E-state index in [1.54, 1.807) is 19.2 Å². The first-order valence-electron chi connectivity index (χ1n) is 9.18. The van der Waals surface area contributed by atoms with Crippen LogP contribution in [-0.2, 0) is 15.8 Å². The number of halogens is 1. The van der Waals surface area contributed by atoms with E-state index in [4.69, 9.17) is 0 Å². The van der Waals surface area contributed by atoms with E-state index in [1.807, 2.05) is 36.4 Å². The van der Waals surface area contributed by atoms with Crippen LogP contribution in [0, 0.1) is 5.82 Å². The molecule has 2 unspecified atom stereocenters. The minimum atomic E-state index is -3.31. The Labute approximate surface area is 160 Å². The summed E-state index contributed by atoms with van der Waals surface area (Å²) in [6.07, 6.45) is 2.47. The van der Waals surface area contributed by atoms with Gasteiger partial charge in [0.25, 0.3) is 0 Å². The molecule has 2 N–H and O–H groups in total. The van der Waals surface area contributed by atoms with Gasteiger partial charge in [0, 0.05) is 25.7 Å². The third-order valence-corrected chi connectivity index (χ3v) is 6.76. The molecule has 0 saturated carbocycles. The number of nitrogens with one attached hydrogen (secondary N) is 2. The molecule has 1 aliphatic rings. The normalized spacial score (nSPS) is 20.3. The molecule has 1 saturated heterocycles. The summed E-state index contributed by atoms with van der Waals surface area (Å²) in [5.74, 6) is -0.210. The van der Waals surface area contributed by atoms with E-state index in [0.29, 0.717) is 6.54 Å². The average molecular weight is 392 g/mol. The fourth-order valence-electron chi connectivity index (χ4n) is 3.35. The molecule has 1 fully saturated rings. The second-order valence-corrected chi connectivity index (χ2v) is 9.11. The molecule has 7 heteroatoms. The van der Waals surface area contributed by atoms with Gasteiger partial charge in [-0.25, -0.2) is 17.1 Å². The standard InChI is InChI=1S/C20H26FN3O2S/c1-24(27(25,26)15-16-7-3-2-4-8-16)12-6-11-19-14-20(23-22-19)17-9-5-10-18(21)13-17/h2-5,7-10,13,19-20,22-23H,6,11-12,14-15H2,1H3. The highest BCUT2D eigenvalue weighted by molar-refractivity contribution is 7.88. The molecule has 2 aromatic carbocycles. The molecule has 0 aromatic heterocycles. The van der Waals surface area contributed by atoms with Gasteiger partial charge >= 0.3 is 0 Å². The van der Waals surface area contributed by atoms with Gasteiger partial charge in [0.1, 0.15) is 5.82 Å². The van der Waals surface area contributed by atoms with Crippen molar-refractivity contribution >= 4 is 10.0 Å². The Kier molecular flexibility index (Phi) is 6.59. The Morgan fingerprint density at radius 2 is 1.89 bits per heavy atom. The molecule has 0 bridgehead atoms. The molecular weight excluding hydrogens is 365 g/mol. The zero-order valence-electron chi connectivity index (χ0n) is 15.4. The molecule has 0 spiro atoms. The minimum Gasteiger partial charge on any atom is -0.254 e. The van der Waals surface area contributed by atoms with Crippen molar-refractivity contribution in [1.82, 2.24) is 15.2 Å². The van der Waals surface area contributed by atoms with Crippen molar-refractivity contribution in [3.05, 3.63) is 71.5 Å². The lowest BCUT2D eigenvalue weighted by molar-refractivity contribution is 0.427. The first-order chi connectivity index (χ1) is 12.9. The van der Waals surface area contributed by atoms with Crippen molar-refractivity contribution in [2.45, 2.75) is 37.1 Å². The lowest BCUT2D eigenvalue weighted by Crippen LogP contribution is -2.33. The topological polar surface area (TPSA) is 61.4 Å². The quantitative estimate of drug-likeness (QED) is 0.726. The van der Waals surface area contributed by atoms with E-state index in [0.717, 1.165) is 30.4 Å². The summed E-state index contributed by atoms with van der Waals surface area (Å²) < 4.78 is 39.7. The van der Waals surface area contributed by atoms with Crippen molar-refractivity contribution in [2.24, 2.45) is 0 Å². The van der Waals surface area contributed by atoms with Gasteiger partial charge in [0.2, 0.25) is 10.0 Å². The number of benzene rings is 2. The van der Waals surface area contributed by atoms with Gasteiger partial charge in [-0.3, -0.25) is 10.9 Å². The largest absolute Gasteiger partial charge is 0.254 e. The minimum absolute atomic E-state index is 0.0230. The number of hydrogen-bond acceptors (Lipinski definition) is 4. The predicted molar refractivity (Wildman–Crippen MR) is 105 cm³/mol. The maximum atomic E-state index is 13.4. The molecule has 1 heterocycles. The van der Waals surface area contributed by atoms with Crippen LogP contribution >= 0.6 is 0 Å². The Morgan fingerprint density at radius 3 is 2.63 bits per heavy atom. The number of nitrogens with zero attached hydrogens (tertiary/aromatic N) is 1. The zero-order chi connectivity index (χ0) is 19.3. The molecule has 2 aromatic rings. The van der Waals surface area contributed by atoms with E-state index in [-0.39, 0.29) is 23.7 Å². The molecule has 0 amide bonds. The van der Waals surface area contributed by atoms with E-state index >= 15 is 0 Å². The second kappa shape index (κ2) is 8.93. The number of hydrogen-bond donors (Lipinski definition) is 2. The molecule has 2 atom stereocenters. The summed E-state index contributed by atoms with van der Waals surface area (Å²) in [6, 6.07) is 16.1. The van der Waals surface area contributed by atoms with Crippen LogP contribution < -0.4 is 10.9 Å². The van der Waals surface area contributed by atoms with Crippen LogP contribution in [0.15, 0.2) is 54.6 Å². The maximum absolute atomic E-state index is 13.4. The van der Waals surface area contributed by atoms with Crippen LogP contribution in [0.25, 0.3) is 0 Å². The fraction of sp³-hybridized carbons (Fsp3) is 0.400. The summed E-state index contributed by atoms with van der Waals surface area (Å²) in [7, 11) is -1.68. The van der Waals surface area contributed by atoms with Gasteiger partial charge in [-0.1, -0.05) is 42.5 Å². The number of hydrazine groups is 1. The van der Waals surface area contributed by atoms with Crippen molar-refractivity contribution in [3.63, 3.8) is 0 Å². The Hall–Kier alpha value is -1.80. The molecule has 27 heavy (non-hydrogen) atoms. The third kappa shape index (κ3) is 5.59. The van der Waals surface area contributed by atoms with E-state index in [2.05, 4.69) is 10.9 Å².